The molecule has 0 spiro atoms. The molecule has 0 aliphatic rings. The van der Waals surface area contributed by atoms with Gasteiger partial charge in [-0.1, -0.05) is 316 Å². The molecular weight excluding hydrogens is 827 g/mol. The first kappa shape index (κ1) is 65.9. The predicted octanol–water partition coefficient (Wildman–Crippen LogP) is 19.1. The summed E-state index contributed by atoms with van der Waals surface area (Å²) >= 11 is 0. The number of esters is 1. The van der Waals surface area contributed by atoms with Crippen molar-refractivity contribution in [3.05, 3.63) is 0 Å². The highest BCUT2D eigenvalue weighted by atomic mass is 16.5. The number of ether oxygens (including phenoxy) is 1. The first-order valence-electron chi connectivity index (χ1n) is 30.8. The second-order valence-electron chi connectivity index (χ2n) is 21.4. The first-order valence-corrected chi connectivity index (χ1v) is 30.8. The summed E-state index contributed by atoms with van der Waals surface area (Å²) in [4.78, 5) is 24.5. The second-order valence-corrected chi connectivity index (χ2v) is 21.4. The van der Waals surface area contributed by atoms with Crippen LogP contribution in [-0.2, 0) is 14.3 Å². The van der Waals surface area contributed by atoms with Gasteiger partial charge in [0.2, 0.25) is 5.91 Å². The van der Waals surface area contributed by atoms with Crippen LogP contribution in [0.3, 0.4) is 0 Å². The average molecular weight is 949 g/mol. The summed E-state index contributed by atoms with van der Waals surface area (Å²) < 4.78 is 5.47. The molecule has 0 aromatic carbocycles. The van der Waals surface area contributed by atoms with Crippen molar-refractivity contribution in [3.63, 3.8) is 0 Å². The Morgan fingerprint density at radius 1 is 0.358 bits per heavy atom. The van der Waals surface area contributed by atoms with Crippen LogP contribution in [0.4, 0.5) is 0 Å². The van der Waals surface area contributed by atoms with Gasteiger partial charge in [-0.05, 0) is 25.7 Å². The molecule has 67 heavy (non-hydrogen) atoms. The number of unbranched alkanes of at least 4 members (excludes halogenated alkanes) is 47. The second kappa shape index (κ2) is 57.4. The zero-order valence-electron chi connectivity index (χ0n) is 45.7. The summed E-state index contributed by atoms with van der Waals surface area (Å²) in [6.07, 6.45) is 66.7. The van der Waals surface area contributed by atoms with Crippen molar-refractivity contribution in [1.29, 1.82) is 0 Å². The summed E-state index contributed by atoms with van der Waals surface area (Å²) in [5, 5.41) is 23.4. The zero-order chi connectivity index (χ0) is 48.6. The Bertz CT molecular complexity index is 959. The smallest absolute Gasteiger partial charge is 0.305 e. The number of aliphatic hydroxyl groups is 2. The fourth-order valence-corrected chi connectivity index (χ4v) is 9.94. The number of rotatable bonds is 58. The van der Waals surface area contributed by atoms with E-state index in [1.54, 1.807) is 0 Å². The monoisotopic (exact) mass is 948 g/mol. The van der Waals surface area contributed by atoms with E-state index in [1.807, 2.05) is 0 Å². The minimum atomic E-state index is -0.668. The van der Waals surface area contributed by atoms with Gasteiger partial charge in [0, 0.05) is 12.8 Å². The fourth-order valence-electron chi connectivity index (χ4n) is 9.94. The van der Waals surface area contributed by atoms with Crippen molar-refractivity contribution in [3.8, 4) is 0 Å². The Morgan fingerprint density at radius 3 is 0.910 bits per heavy atom. The SMILES string of the molecule is CCCCCCCCCCCCCCCCCCCCCCCCC(O)C(CO)NC(=O)CCCCCCCCCCCCCCCCCCOC(=O)CCCCCCCCCCCCCC. The van der Waals surface area contributed by atoms with Crippen molar-refractivity contribution < 1.29 is 24.5 Å². The maximum atomic E-state index is 12.5. The number of nitrogens with one attached hydrogen (secondary N) is 1. The highest BCUT2D eigenvalue weighted by Gasteiger charge is 2.20. The van der Waals surface area contributed by atoms with Gasteiger partial charge in [-0.2, -0.15) is 0 Å². The molecular formula is C61H121NO5. The molecule has 400 valence electrons. The molecule has 0 aromatic rings. The molecule has 0 bridgehead atoms. The van der Waals surface area contributed by atoms with Crippen LogP contribution < -0.4 is 5.32 Å². The number of amides is 1. The summed E-state index contributed by atoms with van der Waals surface area (Å²) in [6.45, 7) is 4.97. The Balaban J connectivity index is 3.41. The van der Waals surface area contributed by atoms with E-state index in [1.165, 1.54) is 276 Å². The van der Waals surface area contributed by atoms with Crippen LogP contribution in [0.25, 0.3) is 0 Å². The third-order valence-corrected chi connectivity index (χ3v) is 14.7. The third-order valence-electron chi connectivity index (χ3n) is 14.7. The van der Waals surface area contributed by atoms with E-state index in [-0.39, 0.29) is 18.5 Å². The third kappa shape index (κ3) is 54.0. The van der Waals surface area contributed by atoms with Crippen LogP contribution in [0.5, 0.6) is 0 Å². The number of aliphatic hydroxyl groups excluding tert-OH is 2. The van der Waals surface area contributed by atoms with E-state index in [0.29, 0.717) is 25.9 Å². The van der Waals surface area contributed by atoms with E-state index in [9.17, 15) is 19.8 Å². The van der Waals surface area contributed by atoms with Crippen LogP contribution in [0.1, 0.15) is 354 Å². The highest BCUT2D eigenvalue weighted by Crippen LogP contribution is 2.18. The Hall–Kier alpha value is -1.14. The molecule has 6 nitrogen and oxygen atoms in total. The van der Waals surface area contributed by atoms with Crippen LogP contribution >= 0.6 is 0 Å². The molecule has 0 aliphatic carbocycles. The van der Waals surface area contributed by atoms with Crippen LogP contribution in [0, 0.1) is 0 Å². The average Bonchev–Trinajstić information content (AvgIpc) is 3.33. The Kier molecular flexibility index (Phi) is 56.5. The van der Waals surface area contributed by atoms with Crippen molar-refractivity contribution >= 4 is 11.9 Å². The van der Waals surface area contributed by atoms with Crippen LogP contribution in [0.2, 0.25) is 0 Å². The van der Waals surface area contributed by atoms with Crippen molar-refractivity contribution in [2.24, 2.45) is 0 Å². The van der Waals surface area contributed by atoms with E-state index >= 15 is 0 Å². The maximum Gasteiger partial charge on any atom is 0.305 e. The lowest BCUT2D eigenvalue weighted by Crippen LogP contribution is -2.45. The summed E-state index contributed by atoms with van der Waals surface area (Å²) in [7, 11) is 0. The number of hydrogen-bond acceptors (Lipinski definition) is 5. The lowest BCUT2D eigenvalue weighted by Gasteiger charge is -2.22. The van der Waals surface area contributed by atoms with Gasteiger partial charge < -0.3 is 20.3 Å². The lowest BCUT2D eigenvalue weighted by atomic mass is 10.0. The molecule has 0 radical (unpaired) electrons. The van der Waals surface area contributed by atoms with Gasteiger partial charge in [0.1, 0.15) is 0 Å². The van der Waals surface area contributed by atoms with Crippen LogP contribution in [0.15, 0.2) is 0 Å². The first-order chi connectivity index (χ1) is 33.0. The molecule has 1 amide bonds. The van der Waals surface area contributed by atoms with Crippen molar-refractivity contribution in [2.75, 3.05) is 13.2 Å². The van der Waals surface area contributed by atoms with Gasteiger partial charge in [-0.3, -0.25) is 9.59 Å². The number of carbonyl (C=O) groups excluding carboxylic acids is 2. The summed E-state index contributed by atoms with van der Waals surface area (Å²) in [5.74, 6) is -0.0317. The predicted molar refractivity (Wildman–Crippen MR) is 292 cm³/mol. The fraction of sp³-hybridized carbons (Fsp3) is 0.967. The molecule has 6 heteroatoms. The molecule has 0 rings (SSSR count). The normalized spacial score (nSPS) is 12.5. The number of carbonyl (C=O) groups is 2. The van der Waals surface area contributed by atoms with E-state index in [0.717, 1.165) is 44.9 Å². The standard InChI is InChI=1S/C61H121NO5/c1-3-5-7-9-11-13-15-17-18-19-20-21-22-23-24-27-30-33-37-41-45-49-53-59(64)58(57-63)62-60(65)54-50-46-42-38-34-31-28-25-26-29-32-36-40-44-48-52-56-67-61(66)55-51-47-43-39-35-16-14-12-10-8-6-4-2/h58-59,63-64H,3-57H2,1-2H3,(H,62,65). The molecule has 0 saturated carbocycles. The maximum absolute atomic E-state index is 12.5. The summed E-state index contributed by atoms with van der Waals surface area (Å²) in [6, 6.07) is -0.546. The topological polar surface area (TPSA) is 95.9 Å². The lowest BCUT2D eigenvalue weighted by molar-refractivity contribution is -0.143. The number of hydrogen-bond donors (Lipinski definition) is 3. The molecule has 0 fully saturated rings. The van der Waals surface area contributed by atoms with Gasteiger partial charge in [-0.15, -0.1) is 0 Å². The Labute approximate surface area is 419 Å². The molecule has 0 aliphatic heterocycles. The quantitative estimate of drug-likeness (QED) is 0.0417. The molecule has 2 unspecified atom stereocenters. The van der Waals surface area contributed by atoms with Crippen molar-refractivity contribution in [1.82, 2.24) is 5.32 Å². The summed E-state index contributed by atoms with van der Waals surface area (Å²) in [5.41, 5.74) is 0. The van der Waals surface area contributed by atoms with E-state index in [4.69, 9.17) is 4.74 Å². The molecule has 0 aromatic heterocycles. The molecule has 2 atom stereocenters. The van der Waals surface area contributed by atoms with Crippen LogP contribution in [-0.4, -0.2) is 47.4 Å². The van der Waals surface area contributed by atoms with Gasteiger partial charge in [0.05, 0.1) is 25.4 Å². The molecule has 0 heterocycles. The minimum absolute atomic E-state index is 0.00525. The van der Waals surface area contributed by atoms with Gasteiger partial charge >= 0.3 is 5.97 Å². The Morgan fingerprint density at radius 2 is 0.612 bits per heavy atom. The van der Waals surface area contributed by atoms with Gasteiger partial charge in [0.15, 0.2) is 0 Å². The van der Waals surface area contributed by atoms with Gasteiger partial charge in [-0.25, -0.2) is 0 Å². The van der Waals surface area contributed by atoms with Gasteiger partial charge in [0.25, 0.3) is 0 Å². The molecule has 3 N–H and O–H groups in total. The van der Waals surface area contributed by atoms with Crippen molar-refractivity contribution in [2.45, 2.75) is 366 Å². The van der Waals surface area contributed by atoms with E-state index in [2.05, 4.69) is 19.2 Å². The molecule has 0 saturated heterocycles. The van der Waals surface area contributed by atoms with E-state index < -0.39 is 12.1 Å². The highest BCUT2D eigenvalue weighted by molar-refractivity contribution is 5.76. The zero-order valence-corrected chi connectivity index (χ0v) is 45.7. The largest absolute Gasteiger partial charge is 0.466 e. The minimum Gasteiger partial charge on any atom is -0.466 e.